The van der Waals surface area contributed by atoms with E-state index >= 15 is 0 Å². The van der Waals surface area contributed by atoms with Crippen LogP contribution in [0.25, 0.3) is 11.0 Å². The van der Waals surface area contributed by atoms with E-state index in [-0.39, 0.29) is 27.8 Å². The number of halogens is 2. The number of fused-ring (bicyclic) bond motifs is 1. The summed E-state index contributed by atoms with van der Waals surface area (Å²) in [7, 11) is 1.52. The summed E-state index contributed by atoms with van der Waals surface area (Å²) in [6, 6.07) is 8.73. The van der Waals surface area contributed by atoms with Gasteiger partial charge in [-0.1, -0.05) is 0 Å². The largest absolute Gasteiger partial charge is 0.504 e. The Kier molecular flexibility index (Phi) is 6.03. The Morgan fingerprint density at radius 2 is 1.85 bits per heavy atom. The summed E-state index contributed by atoms with van der Waals surface area (Å²) in [5.41, 5.74) is 0.869. The minimum atomic E-state index is -3.50. The zero-order chi connectivity index (χ0) is 24.5. The lowest BCUT2D eigenvalue weighted by molar-refractivity contribution is -0.159. The number of nitrogens with zero attached hydrogens (tertiary/aromatic N) is 2. The van der Waals surface area contributed by atoms with Crippen LogP contribution in [0, 0.1) is 0 Å². The molecule has 4 aromatic rings. The monoisotopic (exact) mass is 489 g/mol. The predicted molar refractivity (Wildman–Crippen MR) is 120 cm³/mol. The van der Waals surface area contributed by atoms with E-state index in [9.17, 15) is 23.5 Å². The zero-order valence-corrected chi connectivity index (χ0v) is 18.5. The first-order chi connectivity index (χ1) is 16.1. The Balaban J connectivity index is 1.44. The molecule has 0 bridgehead atoms. The number of H-pyrrole nitrogens is 1. The summed E-state index contributed by atoms with van der Waals surface area (Å²) >= 11 is 1.05. The van der Waals surface area contributed by atoms with Crippen molar-refractivity contribution in [3.63, 3.8) is 0 Å². The molecule has 0 unspecified atom stereocenters. The molecule has 4 N–H and O–H groups in total. The molecule has 2 heterocycles. The summed E-state index contributed by atoms with van der Waals surface area (Å²) in [6.45, 7) is 0.536. The van der Waals surface area contributed by atoms with Crippen molar-refractivity contribution in [3.05, 3.63) is 53.0 Å². The third kappa shape index (κ3) is 5.20. The molecular formula is C21H17F2N5O5S. The van der Waals surface area contributed by atoms with E-state index in [2.05, 4.69) is 30.3 Å². The van der Waals surface area contributed by atoms with Gasteiger partial charge < -0.3 is 19.6 Å². The average Bonchev–Trinajstić information content (AvgIpc) is 3.39. The number of aromatic nitrogens is 3. The molecule has 0 radical (unpaired) electrons. The molecule has 10 nitrogen and oxygen atoms in total. The molecule has 0 aliphatic carbocycles. The van der Waals surface area contributed by atoms with Crippen molar-refractivity contribution in [2.24, 2.45) is 0 Å². The fourth-order valence-electron chi connectivity index (χ4n) is 2.88. The van der Waals surface area contributed by atoms with Gasteiger partial charge in [-0.05, 0) is 24.3 Å². The number of carbonyl (C=O) groups excluding carboxylic acids is 2. The first-order valence-electron chi connectivity index (χ1n) is 9.63. The van der Waals surface area contributed by atoms with Crippen molar-refractivity contribution in [3.8, 4) is 17.2 Å². The average molecular weight is 489 g/mol. The van der Waals surface area contributed by atoms with Crippen LogP contribution < -0.4 is 20.1 Å². The lowest BCUT2D eigenvalue weighted by Crippen LogP contribution is -2.19. The molecule has 4 rings (SSSR count). The Bertz CT molecular complexity index is 1360. The number of phenolic OH excluding ortho intramolecular Hbond substituents is 1. The number of aromatic hydroxyl groups is 1. The third-order valence-electron chi connectivity index (χ3n) is 4.39. The summed E-state index contributed by atoms with van der Waals surface area (Å²) < 4.78 is 35.7. The molecule has 0 saturated heterocycles. The number of amides is 2. The number of nitrogens with one attached hydrogen (secondary N) is 3. The van der Waals surface area contributed by atoms with Crippen LogP contribution in [0.3, 0.4) is 0 Å². The fraction of sp³-hybridized carbons (Fsp3) is 0.143. The molecule has 176 valence electrons. The number of benzene rings is 2. The van der Waals surface area contributed by atoms with E-state index in [4.69, 9.17) is 4.74 Å². The van der Waals surface area contributed by atoms with E-state index < -0.39 is 29.4 Å². The molecular weight excluding hydrogens is 472 g/mol. The Morgan fingerprint density at radius 1 is 1.12 bits per heavy atom. The van der Waals surface area contributed by atoms with Crippen LogP contribution in [-0.4, -0.2) is 45.1 Å². The van der Waals surface area contributed by atoms with Gasteiger partial charge in [-0.25, -0.2) is 9.97 Å². The molecule has 0 spiro atoms. The molecule has 0 aliphatic rings. The van der Waals surface area contributed by atoms with Gasteiger partial charge in [-0.3, -0.25) is 20.2 Å². The Morgan fingerprint density at radius 3 is 2.53 bits per heavy atom. The quantitative estimate of drug-likeness (QED) is 0.305. The highest BCUT2D eigenvalue weighted by Gasteiger charge is 2.25. The summed E-state index contributed by atoms with van der Waals surface area (Å²) in [5.74, 6) is -1.40. The van der Waals surface area contributed by atoms with E-state index in [1.807, 2.05) is 0 Å². The number of hydrogen-bond donors (Lipinski definition) is 4. The number of imidazole rings is 1. The van der Waals surface area contributed by atoms with Gasteiger partial charge in [-0.2, -0.15) is 8.78 Å². The van der Waals surface area contributed by atoms with Crippen molar-refractivity contribution in [2.75, 3.05) is 17.7 Å². The molecule has 2 amide bonds. The van der Waals surface area contributed by atoms with Gasteiger partial charge in [0.15, 0.2) is 16.6 Å². The van der Waals surface area contributed by atoms with Gasteiger partial charge in [0.25, 0.3) is 11.8 Å². The second-order valence-corrected chi connectivity index (χ2v) is 7.87. The van der Waals surface area contributed by atoms with Gasteiger partial charge in [0.1, 0.15) is 11.4 Å². The molecule has 2 aromatic carbocycles. The minimum absolute atomic E-state index is 0.00312. The second kappa shape index (κ2) is 8.94. The molecule has 0 fully saturated rings. The molecule has 13 heteroatoms. The number of alkyl halides is 2. The number of aromatic amines is 1. The maximum absolute atomic E-state index is 13.1. The number of anilines is 2. The van der Waals surface area contributed by atoms with Gasteiger partial charge in [0.2, 0.25) is 5.95 Å². The highest BCUT2D eigenvalue weighted by atomic mass is 32.1. The lowest BCUT2D eigenvalue weighted by Gasteiger charge is -2.13. The van der Waals surface area contributed by atoms with Crippen LogP contribution in [0.15, 0.2) is 41.8 Å². The predicted octanol–water partition coefficient (Wildman–Crippen LogP) is 4.23. The van der Waals surface area contributed by atoms with Gasteiger partial charge in [-0.15, -0.1) is 11.3 Å². The molecule has 34 heavy (non-hydrogen) atoms. The molecule has 0 saturated carbocycles. The number of hydrogen-bond acceptors (Lipinski definition) is 8. The molecule has 2 aromatic heterocycles. The summed E-state index contributed by atoms with van der Waals surface area (Å²) in [4.78, 5) is 35.8. The highest BCUT2D eigenvalue weighted by Crippen LogP contribution is 2.34. The first-order valence-corrected chi connectivity index (χ1v) is 10.5. The van der Waals surface area contributed by atoms with Crippen molar-refractivity contribution in [2.45, 2.75) is 13.0 Å². The topological polar surface area (TPSA) is 138 Å². The number of carbonyl (C=O) groups is 2. The van der Waals surface area contributed by atoms with E-state index in [1.54, 1.807) is 24.3 Å². The number of ether oxygens (including phenoxy) is 2. The summed E-state index contributed by atoms with van der Waals surface area (Å²) in [5, 5.41) is 16.6. The van der Waals surface area contributed by atoms with Gasteiger partial charge in [0.05, 0.1) is 18.1 Å². The molecule has 0 atom stereocenters. The summed E-state index contributed by atoms with van der Waals surface area (Å²) in [6.07, 6.45) is -3.50. The van der Waals surface area contributed by atoms with Crippen molar-refractivity contribution in [1.82, 2.24) is 15.0 Å². The van der Waals surface area contributed by atoms with E-state index in [0.29, 0.717) is 18.2 Å². The zero-order valence-electron chi connectivity index (χ0n) is 17.7. The number of rotatable bonds is 7. The lowest BCUT2D eigenvalue weighted by atomic mass is 10.2. The van der Waals surface area contributed by atoms with Crippen molar-refractivity contribution >= 4 is 45.3 Å². The first kappa shape index (κ1) is 22.9. The number of methoxy groups -OCH3 is 1. The fourth-order valence-corrected chi connectivity index (χ4v) is 3.56. The smallest absolute Gasteiger partial charge is 0.395 e. The normalized spacial score (nSPS) is 11.3. The SMILES string of the molecule is COc1ccc(C(=O)Nc2nc(C(=O)Nc3nc4cc(OC(C)(F)F)c(O)cc4[nH]3)cs2)cc1. The standard InChI is InChI=1S/C21H17F2N5O5S/c1-21(22,23)33-16-8-13-12(7-15(16)29)24-19(25-13)27-18(31)14-9-34-20(26-14)28-17(30)10-3-5-11(32-2)6-4-10/h3-9,29H,1-2H3,(H,26,28,30)(H2,24,25,27,31). The minimum Gasteiger partial charge on any atom is -0.504 e. The Hall–Kier alpha value is -4.26. The van der Waals surface area contributed by atoms with Gasteiger partial charge in [0, 0.05) is 30.0 Å². The number of phenols is 1. The van der Waals surface area contributed by atoms with Crippen LogP contribution in [0.4, 0.5) is 19.9 Å². The van der Waals surface area contributed by atoms with Crippen LogP contribution in [0.2, 0.25) is 0 Å². The highest BCUT2D eigenvalue weighted by molar-refractivity contribution is 7.14. The van der Waals surface area contributed by atoms with E-state index in [1.165, 1.54) is 12.5 Å². The van der Waals surface area contributed by atoms with Crippen molar-refractivity contribution in [1.29, 1.82) is 0 Å². The maximum atomic E-state index is 13.1. The van der Waals surface area contributed by atoms with Gasteiger partial charge >= 0.3 is 6.11 Å². The van der Waals surface area contributed by atoms with Crippen LogP contribution >= 0.6 is 11.3 Å². The second-order valence-electron chi connectivity index (χ2n) is 7.01. The Labute approximate surface area is 194 Å². The van der Waals surface area contributed by atoms with Crippen LogP contribution in [0.1, 0.15) is 27.8 Å². The van der Waals surface area contributed by atoms with Crippen LogP contribution in [0.5, 0.6) is 17.2 Å². The molecule has 0 aliphatic heterocycles. The van der Waals surface area contributed by atoms with Crippen LogP contribution in [-0.2, 0) is 0 Å². The maximum Gasteiger partial charge on any atom is 0.395 e. The van der Waals surface area contributed by atoms with Crippen molar-refractivity contribution < 1.29 is 33.0 Å². The van der Waals surface area contributed by atoms with E-state index in [0.717, 1.165) is 23.5 Å². The third-order valence-corrected chi connectivity index (χ3v) is 5.15. The number of thiazole rings is 1.